The van der Waals surface area contributed by atoms with Crippen molar-refractivity contribution in [1.82, 2.24) is 4.90 Å². The largest absolute Gasteiger partial charge is 0.494 e. The molecule has 6 rings (SSSR count). The minimum atomic E-state index is -1.30. The fourth-order valence-corrected chi connectivity index (χ4v) is 7.32. The van der Waals surface area contributed by atoms with Gasteiger partial charge in [-0.05, 0) is 69.0 Å². The van der Waals surface area contributed by atoms with Crippen LogP contribution in [-0.4, -0.2) is 78.3 Å². The summed E-state index contributed by atoms with van der Waals surface area (Å²) in [4.78, 5) is 48.4. The van der Waals surface area contributed by atoms with Crippen molar-refractivity contribution >= 4 is 29.1 Å². The Labute approximate surface area is 252 Å². The summed E-state index contributed by atoms with van der Waals surface area (Å²) in [5.74, 6) is -1.64. The highest BCUT2D eigenvalue weighted by atomic mass is 16.5. The number of nitrogens with zero attached hydrogens (tertiary/aromatic N) is 3. The normalized spacial score (nSPS) is 28.1. The topological polar surface area (TPSA) is 99.6 Å². The molecule has 0 radical (unpaired) electrons. The summed E-state index contributed by atoms with van der Waals surface area (Å²) in [6.07, 6.45) is 7.93. The van der Waals surface area contributed by atoms with Crippen LogP contribution in [0.3, 0.4) is 0 Å². The number of aliphatic hydroxyl groups is 1. The van der Waals surface area contributed by atoms with Gasteiger partial charge in [0.15, 0.2) is 0 Å². The lowest BCUT2D eigenvalue weighted by atomic mass is 9.77. The van der Waals surface area contributed by atoms with Gasteiger partial charge in [-0.3, -0.25) is 14.4 Å². The van der Waals surface area contributed by atoms with Gasteiger partial charge in [0.05, 0.1) is 24.5 Å². The summed E-state index contributed by atoms with van der Waals surface area (Å²) >= 11 is 0. The average Bonchev–Trinajstić information content (AvgIpc) is 3.30. The monoisotopic (exact) mass is 585 g/mol. The first-order chi connectivity index (χ1) is 20.8. The van der Waals surface area contributed by atoms with Crippen LogP contribution >= 0.6 is 0 Å². The number of unbranched alkanes of at least 4 members (excludes halogenated alkanes) is 1. The van der Waals surface area contributed by atoms with Gasteiger partial charge in [0.2, 0.25) is 11.8 Å². The van der Waals surface area contributed by atoms with Crippen molar-refractivity contribution in [3.05, 3.63) is 77.9 Å². The third-order valence-corrected chi connectivity index (χ3v) is 9.13. The molecule has 3 amide bonds. The molecule has 43 heavy (non-hydrogen) atoms. The molecular formula is C34H39N3O6. The second-order valence-corrected chi connectivity index (χ2v) is 11.7. The van der Waals surface area contributed by atoms with Crippen LogP contribution < -0.4 is 14.5 Å². The lowest BCUT2D eigenvalue weighted by Gasteiger charge is -2.36. The molecule has 9 heteroatoms. The molecule has 5 atom stereocenters. The van der Waals surface area contributed by atoms with E-state index in [2.05, 4.69) is 0 Å². The molecule has 9 nitrogen and oxygen atoms in total. The summed E-state index contributed by atoms with van der Waals surface area (Å²) in [6, 6.07) is 12.3. The molecule has 2 aromatic rings. The lowest BCUT2D eigenvalue weighted by molar-refractivity contribution is -0.140. The van der Waals surface area contributed by atoms with Crippen molar-refractivity contribution in [1.29, 1.82) is 0 Å². The smallest absolute Gasteiger partial charge is 0.253 e. The van der Waals surface area contributed by atoms with Gasteiger partial charge in [0.1, 0.15) is 17.4 Å². The maximum Gasteiger partial charge on any atom is 0.253 e. The van der Waals surface area contributed by atoms with Gasteiger partial charge >= 0.3 is 0 Å². The number of ether oxygens (including phenoxy) is 2. The van der Waals surface area contributed by atoms with Crippen molar-refractivity contribution in [3.63, 3.8) is 0 Å². The summed E-state index contributed by atoms with van der Waals surface area (Å²) < 4.78 is 12.3. The molecule has 4 aliphatic rings. The number of rotatable bonds is 8. The molecule has 0 aliphatic carbocycles. The Morgan fingerprint density at radius 3 is 2.35 bits per heavy atom. The van der Waals surface area contributed by atoms with Gasteiger partial charge in [-0.15, -0.1) is 0 Å². The molecule has 2 fully saturated rings. The Hall–Kier alpha value is -3.95. The van der Waals surface area contributed by atoms with E-state index in [9.17, 15) is 19.5 Å². The van der Waals surface area contributed by atoms with E-state index in [1.54, 1.807) is 14.7 Å². The summed E-state index contributed by atoms with van der Waals surface area (Å²) in [5.41, 5.74) is 2.16. The van der Waals surface area contributed by atoms with E-state index in [0.717, 1.165) is 16.8 Å². The Kier molecular flexibility index (Phi) is 7.87. The van der Waals surface area contributed by atoms with Gasteiger partial charge in [-0.1, -0.05) is 42.5 Å². The fourth-order valence-electron chi connectivity index (χ4n) is 7.32. The number of hydrogen-bond donors (Lipinski definition) is 1. The van der Waals surface area contributed by atoms with E-state index in [-0.39, 0.29) is 30.9 Å². The van der Waals surface area contributed by atoms with Crippen molar-refractivity contribution in [3.8, 4) is 5.75 Å². The highest BCUT2D eigenvalue weighted by molar-refractivity contribution is 6.07. The molecule has 2 aromatic carbocycles. The molecule has 0 aromatic heterocycles. The molecule has 1 spiro atoms. The van der Waals surface area contributed by atoms with E-state index >= 15 is 0 Å². The minimum absolute atomic E-state index is 0.00876. The number of para-hydroxylation sites is 1. The molecular weight excluding hydrogens is 546 g/mol. The molecule has 1 N–H and O–H groups in total. The number of anilines is 2. The van der Waals surface area contributed by atoms with Crippen LogP contribution in [0.4, 0.5) is 11.4 Å². The van der Waals surface area contributed by atoms with E-state index in [0.29, 0.717) is 44.0 Å². The first-order valence-corrected chi connectivity index (χ1v) is 15.2. The number of aliphatic hydroxyl groups excluding tert-OH is 1. The van der Waals surface area contributed by atoms with Gasteiger partial charge in [0, 0.05) is 37.6 Å². The predicted octanol–water partition coefficient (Wildman–Crippen LogP) is 3.56. The van der Waals surface area contributed by atoms with Crippen LogP contribution in [0.2, 0.25) is 0 Å². The number of fused-ring (bicyclic) bond motifs is 2. The van der Waals surface area contributed by atoms with E-state index in [4.69, 9.17) is 9.47 Å². The highest BCUT2D eigenvalue weighted by Gasteiger charge is 2.71. The van der Waals surface area contributed by atoms with Crippen molar-refractivity contribution < 1.29 is 29.0 Å². The average molecular weight is 586 g/mol. The molecule has 2 saturated heterocycles. The standard InChI is InChI=1S/C34H39N3O6/c1-4-42-25-15-13-24(14-16-25)35-19-8-12-26-27(31(35)39)28-32(40)37(18-5-6-21-38)30-33(41)36(20-9-17-34(28,30)43-26)29-22(2)10-7-11-23(29)3/h7-17,26-28,30,38H,4-6,18-21H2,1-3H3/t26-,27+,28+,30?,34+/m1/s1. The SMILES string of the molecule is CCOc1ccc(N2CC=C[C@H]3O[C@]45C=CCN(c6c(C)cccc6C)C(=O)C4N(CCCCO)C(=O)[C@@H]5[C@H]3C2=O)cc1. The third kappa shape index (κ3) is 4.75. The number of likely N-dealkylation sites (tertiary alicyclic amines) is 1. The second kappa shape index (κ2) is 11.6. The lowest BCUT2D eigenvalue weighted by Crippen LogP contribution is -2.55. The van der Waals surface area contributed by atoms with Crippen LogP contribution in [0, 0.1) is 25.7 Å². The Morgan fingerprint density at radius 2 is 1.65 bits per heavy atom. The summed E-state index contributed by atoms with van der Waals surface area (Å²) in [6.45, 7) is 7.36. The fraction of sp³-hybridized carbons (Fsp3) is 0.441. The van der Waals surface area contributed by atoms with Crippen LogP contribution in [0.15, 0.2) is 66.8 Å². The van der Waals surface area contributed by atoms with Crippen LogP contribution in [-0.2, 0) is 19.1 Å². The number of aryl methyl sites for hydroxylation is 2. The van der Waals surface area contributed by atoms with Crippen LogP contribution in [0.1, 0.15) is 30.9 Å². The predicted molar refractivity (Wildman–Crippen MR) is 163 cm³/mol. The molecule has 4 heterocycles. The van der Waals surface area contributed by atoms with E-state index < -0.39 is 29.6 Å². The Morgan fingerprint density at radius 1 is 0.930 bits per heavy atom. The molecule has 1 unspecified atom stereocenters. The third-order valence-electron chi connectivity index (χ3n) is 9.13. The Bertz CT molecular complexity index is 1450. The van der Waals surface area contributed by atoms with Gasteiger partial charge < -0.3 is 29.3 Å². The first kappa shape index (κ1) is 29.1. The maximum absolute atomic E-state index is 14.6. The highest BCUT2D eigenvalue weighted by Crippen LogP contribution is 2.54. The second-order valence-electron chi connectivity index (χ2n) is 11.7. The van der Waals surface area contributed by atoms with Crippen LogP contribution in [0.5, 0.6) is 5.75 Å². The van der Waals surface area contributed by atoms with Crippen molar-refractivity contribution in [2.75, 3.05) is 42.6 Å². The van der Waals surface area contributed by atoms with Crippen molar-refractivity contribution in [2.45, 2.75) is 51.4 Å². The number of amides is 3. The van der Waals surface area contributed by atoms with Crippen LogP contribution in [0.25, 0.3) is 0 Å². The van der Waals surface area contributed by atoms with Crippen molar-refractivity contribution in [2.24, 2.45) is 11.8 Å². The zero-order chi connectivity index (χ0) is 30.3. The molecule has 226 valence electrons. The summed E-state index contributed by atoms with van der Waals surface area (Å²) in [7, 11) is 0. The molecule has 4 aliphatic heterocycles. The maximum atomic E-state index is 14.6. The quantitative estimate of drug-likeness (QED) is 0.376. The van der Waals surface area contributed by atoms with Gasteiger partial charge in [0.25, 0.3) is 5.91 Å². The zero-order valence-corrected chi connectivity index (χ0v) is 24.9. The minimum Gasteiger partial charge on any atom is -0.494 e. The van der Waals surface area contributed by atoms with E-state index in [1.165, 1.54) is 0 Å². The van der Waals surface area contributed by atoms with E-state index in [1.807, 2.05) is 87.5 Å². The number of benzene rings is 2. The summed E-state index contributed by atoms with van der Waals surface area (Å²) in [5, 5.41) is 9.47. The number of carbonyl (C=O) groups excluding carboxylic acids is 3. The van der Waals surface area contributed by atoms with Gasteiger partial charge in [-0.25, -0.2) is 0 Å². The zero-order valence-electron chi connectivity index (χ0n) is 24.9. The number of carbonyl (C=O) groups is 3. The first-order valence-electron chi connectivity index (χ1n) is 15.2. The molecule has 0 bridgehead atoms. The number of hydrogen-bond acceptors (Lipinski definition) is 6. The Balaban J connectivity index is 1.41. The van der Waals surface area contributed by atoms with Gasteiger partial charge in [-0.2, -0.15) is 0 Å². The molecule has 0 saturated carbocycles.